The molecule has 0 saturated carbocycles. The zero-order valence-corrected chi connectivity index (χ0v) is 11.0. The second-order valence-corrected chi connectivity index (χ2v) is 5.44. The van der Waals surface area contributed by atoms with E-state index < -0.39 is 0 Å². The minimum Gasteiger partial charge on any atom is -0.243 e. The molecule has 2 aromatic heterocycles. The molecule has 0 unspecified atom stereocenters. The molecular formula is C11H11BrN2S. The predicted molar refractivity (Wildman–Crippen MR) is 67.1 cm³/mol. The molecular weight excluding hydrogens is 272 g/mol. The van der Waals surface area contributed by atoms with Crippen molar-refractivity contribution in [3.63, 3.8) is 0 Å². The van der Waals surface area contributed by atoms with Crippen LogP contribution in [0.3, 0.4) is 0 Å². The van der Waals surface area contributed by atoms with Crippen LogP contribution in [0.5, 0.6) is 0 Å². The molecule has 2 nitrogen and oxygen atoms in total. The van der Waals surface area contributed by atoms with Crippen LogP contribution < -0.4 is 0 Å². The Morgan fingerprint density at radius 2 is 2.13 bits per heavy atom. The van der Waals surface area contributed by atoms with Gasteiger partial charge in [0.25, 0.3) is 0 Å². The third kappa shape index (κ3) is 2.44. The number of hydrogen-bond acceptors (Lipinski definition) is 3. The molecule has 0 N–H and O–H groups in total. The lowest BCUT2D eigenvalue weighted by molar-refractivity contribution is 0.885. The Hall–Kier alpha value is -0.740. The van der Waals surface area contributed by atoms with Gasteiger partial charge in [0.1, 0.15) is 15.3 Å². The van der Waals surface area contributed by atoms with Crippen molar-refractivity contribution in [3.05, 3.63) is 33.9 Å². The third-order valence-electron chi connectivity index (χ3n) is 2.03. The number of rotatable bonds is 2. The van der Waals surface area contributed by atoms with Gasteiger partial charge in [0, 0.05) is 11.1 Å². The molecule has 0 saturated heterocycles. The zero-order chi connectivity index (χ0) is 10.8. The van der Waals surface area contributed by atoms with Gasteiger partial charge in [-0.25, -0.2) is 9.97 Å². The van der Waals surface area contributed by atoms with Crippen molar-refractivity contribution in [2.24, 2.45) is 0 Å². The van der Waals surface area contributed by atoms with Crippen molar-refractivity contribution in [1.29, 1.82) is 0 Å². The number of aromatic nitrogens is 2. The first-order valence-corrected chi connectivity index (χ1v) is 6.36. The molecule has 0 aliphatic rings. The smallest absolute Gasteiger partial charge is 0.142 e. The first-order chi connectivity index (χ1) is 7.16. The minimum atomic E-state index is 0.531. The Bertz CT molecular complexity index is 465. The highest BCUT2D eigenvalue weighted by atomic mass is 79.9. The number of nitrogens with zero attached hydrogens (tertiary/aromatic N) is 2. The average Bonchev–Trinajstić information content (AvgIpc) is 2.66. The van der Waals surface area contributed by atoms with Crippen LogP contribution in [0.25, 0.3) is 10.7 Å². The first-order valence-electron chi connectivity index (χ1n) is 4.75. The number of thiazole rings is 1. The molecule has 0 atom stereocenters. The Labute approximate surface area is 102 Å². The fourth-order valence-electron chi connectivity index (χ4n) is 1.20. The van der Waals surface area contributed by atoms with Crippen LogP contribution in [0, 0.1) is 0 Å². The van der Waals surface area contributed by atoms with Gasteiger partial charge < -0.3 is 0 Å². The lowest BCUT2D eigenvalue weighted by atomic mass is 10.2. The molecule has 0 radical (unpaired) electrons. The summed E-state index contributed by atoms with van der Waals surface area (Å²) in [6.45, 7) is 4.34. The van der Waals surface area contributed by atoms with Crippen LogP contribution in [0.15, 0.2) is 29.0 Å². The molecule has 0 aliphatic carbocycles. The summed E-state index contributed by atoms with van der Waals surface area (Å²) < 4.78 is 0.848. The maximum absolute atomic E-state index is 4.38. The normalized spacial score (nSPS) is 10.9. The van der Waals surface area contributed by atoms with E-state index in [2.05, 4.69) is 39.7 Å². The molecule has 0 spiro atoms. The van der Waals surface area contributed by atoms with Crippen molar-refractivity contribution < 1.29 is 0 Å². The largest absolute Gasteiger partial charge is 0.243 e. The second kappa shape index (κ2) is 4.41. The molecule has 0 aliphatic heterocycles. The highest BCUT2D eigenvalue weighted by molar-refractivity contribution is 9.10. The van der Waals surface area contributed by atoms with E-state index in [4.69, 9.17) is 0 Å². The summed E-state index contributed by atoms with van der Waals surface area (Å²) in [6, 6.07) is 5.87. The minimum absolute atomic E-state index is 0.531. The monoisotopic (exact) mass is 282 g/mol. The van der Waals surface area contributed by atoms with Gasteiger partial charge in [0.05, 0.1) is 0 Å². The van der Waals surface area contributed by atoms with Crippen molar-refractivity contribution in [1.82, 2.24) is 9.97 Å². The fourth-order valence-corrected chi connectivity index (χ4v) is 2.43. The van der Waals surface area contributed by atoms with E-state index in [0.717, 1.165) is 15.3 Å². The first kappa shape index (κ1) is 10.8. The van der Waals surface area contributed by atoms with Gasteiger partial charge in [-0.2, -0.15) is 0 Å². The lowest BCUT2D eigenvalue weighted by Gasteiger charge is -1.97. The molecule has 4 heteroatoms. The van der Waals surface area contributed by atoms with Crippen molar-refractivity contribution in [2.75, 3.05) is 0 Å². The van der Waals surface area contributed by atoms with Crippen molar-refractivity contribution >= 4 is 27.3 Å². The van der Waals surface area contributed by atoms with E-state index in [1.807, 2.05) is 24.4 Å². The SMILES string of the molecule is CC(C)c1cnc(-c2cccc(Br)n2)s1. The highest BCUT2D eigenvalue weighted by Crippen LogP contribution is 2.28. The summed E-state index contributed by atoms with van der Waals surface area (Å²) in [5, 5.41) is 0.986. The van der Waals surface area contributed by atoms with Gasteiger partial charge in [-0.15, -0.1) is 11.3 Å². The lowest BCUT2D eigenvalue weighted by Crippen LogP contribution is -1.81. The van der Waals surface area contributed by atoms with Crippen molar-refractivity contribution in [3.8, 4) is 10.7 Å². The zero-order valence-electron chi connectivity index (χ0n) is 8.57. The van der Waals surface area contributed by atoms with Crippen LogP contribution in [0.4, 0.5) is 0 Å². The molecule has 0 bridgehead atoms. The van der Waals surface area contributed by atoms with Gasteiger partial charge in [-0.3, -0.25) is 0 Å². The summed E-state index contributed by atoms with van der Waals surface area (Å²) in [5.74, 6) is 0.531. The molecule has 2 aromatic rings. The van der Waals surface area contributed by atoms with E-state index >= 15 is 0 Å². The van der Waals surface area contributed by atoms with Gasteiger partial charge in [0.15, 0.2) is 0 Å². The van der Waals surface area contributed by atoms with E-state index in [1.54, 1.807) is 11.3 Å². The molecule has 2 heterocycles. The van der Waals surface area contributed by atoms with Crippen LogP contribution >= 0.6 is 27.3 Å². The summed E-state index contributed by atoms with van der Waals surface area (Å²) in [6.07, 6.45) is 1.94. The molecule has 15 heavy (non-hydrogen) atoms. The van der Waals surface area contributed by atoms with E-state index in [-0.39, 0.29) is 0 Å². The Kier molecular flexibility index (Phi) is 3.17. The summed E-state index contributed by atoms with van der Waals surface area (Å²) in [4.78, 5) is 10.1. The quantitative estimate of drug-likeness (QED) is 0.776. The van der Waals surface area contributed by atoms with Crippen LogP contribution in [0.1, 0.15) is 24.6 Å². The topological polar surface area (TPSA) is 25.8 Å². The maximum Gasteiger partial charge on any atom is 0.142 e. The molecule has 0 aromatic carbocycles. The second-order valence-electron chi connectivity index (χ2n) is 3.57. The van der Waals surface area contributed by atoms with Gasteiger partial charge in [0.2, 0.25) is 0 Å². The predicted octanol–water partition coefficient (Wildman–Crippen LogP) is 4.09. The summed E-state index contributed by atoms with van der Waals surface area (Å²) >= 11 is 5.07. The highest BCUT2D eigenvalue weighted by Gasteiger charge is 2.08. The Morgan fingerprint density at radius 1 is 1.33 bits per heavy atom. The van der Waals surface area contributed by atoms with E-state index in [0.29, 0.717) is 5.92 Å². The molecule has 78 valence electrons. The van der Waals surface area contributed by atoms with Crippen LogP contribution in [-0.4, -0.2) is 9.97 Å². The van der Waals surface area contributed by atoms with Crippen LogP contribution in [-0.2, 0) is 0 Å². The Balaban J connectivity index is 2.37. The summed E-state index contributed by atoms with van der Waals surface area (Å²) in [5.41, 5.74) is 0.932. The maximum atomic E-state index is 4.38. The van der Waals surface area contributed by atoms with Gasteiger partial charge in [-0.1, -0.05) is 19.9 Å². The molecule has 2 rings (SSSR count). The molecule has 0 fully saturated rings. The standard InChI is InChI=1S/C11H11BrN2S/c1-7(2)9-6-13-11(15-9)8-4-3-5-10(12)14-8/h3-7H,1-2H3. The van der Waals surface area contributed by atoms with Crippen molar-refractivity contribution in [2.45, 2.75) is 19.8 Å². The van der Waals surface area contributed by atoms with E-state index in [1.165, 1.54) is 4.88 Å². The summed E-state index contributed by atoms with van der Waals surface area (Å²) in [7, 11) is 0. The third-order valence-corrected chi connectivity index (χ3v) is 3.79. The van der Waals surface area contributed by atoms with Gasteiger partial charge in [-0.05, 0) is 34.0 Å². The number of hydrogen-bond donors (Lipinski definition) is 0. The van der Waals surface area contributed by atoms with E-state index in [9.17, 15) is 0 Å². The average molecular weight is 283 g/mol. The fraction of sp³-hybridized carbons (Fsp3) is 0.273. The molecule has 0 amide bonds. The van der Waals surface area contributed by atoms with Gasteiger partial charge >= 0.3 is 0 Å². The number of pyridine rings is 1. The van der Waals surface area contributed by atoms with Crippen LogP contribution in [0.2, 0.25) is 0 Å². The Morgan fingerprint density at radius 3 is 2.73 bits per heavy atom. The number of halogens is 1.